The number of piperidine rings is 1. The topological polar surface area (TPSA) is 64.4 Å². The van der Waals surface area contributed by atoms with E-state index in [-0.39, 0.29) is 10.8 Å². The van der Waals surface area contributed by atoms with Crippen molar-refractivity contribution in [1.29, 1.82) is 0 Å². The minimum atomic E-state index is -3.55. The summed E-state index contributed by atoms with van der Waals surface area (Å²) in [7, 11) is -2.00. The van der Waals surface area contributed by atoms with Crippen LogP contribution in [0.1, 0.15) is 29.9 Å². The number of nitrogens with zero attached hydrogens (tertiary/aromatic N) is 3. The highest BCUT2D eigenvalue weighted by Gasteiger charge is 2.31. The Morgan fingerprint density at radius 3 is 2.71 bits per heavy atom. The molecule has 1 aliphatic heterocycles. The second-order valence-corrected chi connectivity index (χ2v) is 10.1. The van der Waals surface area contributed by atoms with E-state index in [0.29, 0.717) is 18.8 Å². The van der Waals surface area contributed by atoms with Crippen LogP contribution in [0.3, 0.4) is 0 Å². The van der Waals surface area contributed by atoms with Crippen molar-refractivity contribution < 1.29 is 13.2 Å². The first-order valence-corrected chi connectivity index (χ1v) is 12.1. The first-order chi connectivity index (χ1) is 15.0. The molecule has 3 aromatic rings. The zero-order chi connectivity index (χ0) is 21.8. The molecule has 164 valence electrons. The van der Waals surface area contributed by atoms with E-state index in [1.165, 1.54) is 5.56 Å². The Kier molecular flexibility index (Phi) is 6.43. The van der Waals surface area contributed by atoms with Crippen molar-refractivity contribution in [3.63, 3.8) is 0 Å². The number of methoxy groups -OCH3 is 1. The molecule has 1 atom stereocenters. The fraction of sp³-hybridized carbons (Fsp3) is 0.375. The van der Waals surface area contributed by atoms with Crippen LogP contribution < -0.4 is 4.74 Å². The summed E-state index contributed by atoms with van der Waals surface area (Å²) < 4.78 is 35.5. The lowest BCUT2D eigenvalue weighted by atomic mass is 9.96. The van der Waals surface area contributed by atoms with Crippen LogP contribution in [-0.4, -0.2) is 42.5 Å². The standard InChI is InChI=1S/C24H29N3O3S/c1-19-16-25-24(27(19)18-20-8-4-3-5-9-20)14-21-10-7-13-26(17-21)31(28,29)23-12-6-11-22(15-23)30-2/h3-6,8-9,11-12,15-16,21H,7,10,13-14,17-18H2,1-2H3. The maximum atomic E-state index is 13.2. The second-order valence-electron chi connectivity index (χ2n) is 8.14. The molecule has 1 unspecified atom stereocenters. The summed E-state index contributed by atoms with van der Waals surface area (Å²) in [6.07, 6.45) is 4.53. The maximum absolute atomic E-state index is 13.2. The molecule has 1 fully saturated rings. The Morgan fingerprint density at radius 1 is 1.13 bits per heavy atom. The van der Waals surface area contributed by atoms with Crippen LogP contribution in [0.5, 0.6) is 5.75 Å². The number of benzene rings is 2. The smallest absolute Gasteiger partial charge is 0.243 e. The number of aromatic nitrogens is 2. The van der Waals surface area contributed by atoms with Gasteiger partial charge in [-0.15, -0.1) is 0 Å². The van der Waals surface area contributed by atoms with E-state index in [1.807, 2.05) is 24.4 Å². The molecule has 4 rings (SSSR count). The minimum Gasteiger partial charge on any atom is -0.497 e. The normalized spacial score (nSPS) is 17.5. The number of hydrogen-bond acceptors (Lipinski definition) is 4. The summed E-state index contributed by atoms with van der Waals surface area (Å²) in [6.45, 7) is 3.91. The molecule has 6 nitrogen and oxygen atoms in total. The molecule has 1 aromatic heterocycles. The van der Waals surface area contributed by atoms with Crippen LogP contribution in [0, 0.1) is 12.8 Å². The lowest BCUT2D eigenvalue weighted by Crippen LogP contribution is -2.40. The van der Waals surface area contributed by atoms with Gasteiger partial charge in [-0.2, -0.15) is 4.31 Å². The lowest BCUT2D eigenvalue weighted by molar-refractivity contribution is 0.261. The van der Waals surface area contributed by atoms with Crippen molar-refractivity contribution in [2.45, 2.75) is 37.6 Å². The third kappa shape index (κ3) is 4.83. The van der Waals surface area contributed by atoms with Crippen molar-refractivity contribution in [2.24, 2.45) is 5.92 Å². The van der Waals surface area contributed by atoms with E-state index >= 15 is 0 Å². The van der Waals surface area contributed by atoms with Gasteiger partial charge in [-0.1, -0.05) is 36.4 Å². The highest BCUT2D eigenvalue weighted by atomic mass is 32.2. The molecule has 1 saturated heterocycles. The first-order valence-electron chi connectivity index (χ1n) is 10.7. The average Bonchev–Trinajstić information content (AvgIpc) is 3.13. The van der Waals surface area contributed by atoms with Crippen molar-refractivity contribution >= 4 is 10.0 Å². The molecule has 0 saturated carbocycles. The van der Waals surface area contributed by atoms with Gasteiger partial charge in [-0.3, -0.25) is 0 Å². The molecule has 2 heterocycles. The molecule has 0 spiro atoms. The zero-order valence-corrected chi connectivity index (χ0v) is 18.9. The SMILES string of the molecule is COc1cccc(S(=O)(=O)N2CCCC(Cc3ncc(C)n3Cc3ccccc3)C2)c1. The highest BCUT2D eigenvalue weighted by Crippen LogP contribution is 2.27. The first kappa shape index (κ1) is 21.6. The summed E-state index contributed by atoms with van der Waals surface area (Å²) in [5, 5.41) is 0. The summed E-state index contributed by atoms with van der Waals surface area (Å²) in [6, 6.07) is 17.0. The van der Waals surface area contributed by atoms with Crippen molar-refractivity contribution in [3.8, 4) is 5.75 Å². The van der Waals surface area contributed by atoms with Crippen LogP contribution in [-0.2, 0) is 23.0 Å². The van der Waals surface area contributed by atoms with Gasteiger partial charge in [-0.25, -0.2) is 13.4 Å². The fourth-order valence-corrected chi connectivity index (χ4v) is 5.83. The molecular formula is C24H29N3O3S. The van der Waals surface area contributed by atoms with Gasteiger partial charge in [0.25, 0.3) is 0 Å². The van der Waals surface area contributed by atoms with Crippen LogP contribution in [0.2, 0.25) is 0 Å². The number of aryl methyl sites for hydroxylation is 1. The molecule has 2 aromatic carbocycles. The zero-order valence-electron chi connectivity index (χ0n) is 18.1. The average molecular weight is 440 g/mol. The largest absolute Gasteiger partial charge is 0.497 e. The molecule has 0 N–H and O–H groups in total. The van der Waals surface area contributed by atoms with Crippen molar-refractivity contribution in [3.05, 3.63) is 77.9 Å². The molecular weight excluding hydrogens is 410 g/mol. The molecule has 0 amide bonds. The van der Waals surface area contributed by atoms with Crippen molar-refractivity contribution in [1.82, 2.24) is 13.9 Å². The van der Waals surface area contributed by atoms with E-state index in [4.69, 9.17) is 4.74 Å². The maximum Gasteiger partial charge on any atom is 0.243 e. The molecule has 0 aliphatic carbocycles. The number of rotatable bonds is 7. The van der Waals surface area contributed by atoms with Gasteiger partial charge in [0.05, 0.1) is 12.0 Å². The molecule has 31 heavy (non-hydrogen) atoms. The van der Waals surface area contributed by atoms with E-state index in [2.05, 4.69) is 28.6 Å². The van der Waals surface area contributed by atoms with Gasteiger partial charge in [0.2, 0.25) is 10.0 Å². The van der Waals surface area contributed by atoms with E-state index in [1.54, 1.807) is 35.7 Å². The summed E-state index contributed by atoms with van der Waals surface area (Å²) in [4.78, 5) is 4.94. The lowest BCUT2D eigenvalue weighted by Gasteiger charge is -2.32. The second kappa shape index (κ2) is 9.24. The quantitative estimate of drug-likeness (QED) is 0.560. The summed E-state index contributed by atoms with van der Waals surface area (Å²) >= 11 is 0. The van der Waals surface area contributed by atoms with Gasteiger partial charge < -0.3 is 9.30 Å². The Bertz CT molecular complexity index is 1130. The van der Waals surface area contributed by atoms with E-state index in [9.17, 15) is 8.42 Å². The minimum absolute atomic E-state index is 0.241. The Morgan fingerprint density at radius 2 is 1.94 bits per heavy atom. The monoisotopic (exact) mass is 439 g/mol. The van der Waals surface area contributed by atoms with Crippen LogP contribution in [0.4, 0.5) is 0 Å². The predicted octanol–water partition coefficient (Wildman–Crippen LogP) is 3.89. The summed E-state index contributed by atoms with van der Waals surface area (Å²) in [5.74, 6) is 1.81. The number of sulfonamides is 1. The van der Waals surface area contributed by atoms with Crippen LogP contribution >= 0.6 is 0 Å². The van der Waals surface area contributed by atoms with Gasteiger partial charge >= 0.3 is 0 Å². The highest BCUT2D eigenvalue weighted by molar-refractivity contribution is 7.89. The van der Waals surface area contributed by atoms with Crippen molar-refractivity contribution in [2.75, 3.05) is 20.2 Å². The van der Waals surface area contributed by atoms with Gasteiger partial charge in [0, 0.05) is 44.0 Å². The predicted molar refractivity (Wildman–Crippen MR) is 121 cm³/mol. The fourth-order valence-electron chi connectivity index (χ4n) is 4.24. The van der Waals surface area contributed by atoms with E-state index < -0.39 is 10.0 Å². The molecule has 0 bridgehead atoms. The number of hydrogen-bond donors (Lipinski definition) is 0. The third-order valence-electron chi connectivity index (χ3n) is 5.95. The third-order valence-corrected chi connectivity index (χ3v) is 7.81. The Labute approximate surface area is 184 Å². The van der Waals surface area contributed by atoms with Crippen LogP contribution in [0.15, 0.2) is 65.7 Å². The number of ether oxygens (including phenoxy) is 1. The molecule has 0 radical (unpaired) electrons. The Balaban J connectivity index is 1.50. The molecule has 1 aliphatic rings. The van der Waals surface area contributed by atoms with Gasteiger partial charge in [-0.05, 0) is 43.4 Å². The molecule has 7 heteroatoms. The van der Waals surface area contributed by atoms with Gasteiger partial charge in [0.1, 0.15) is 11.6 Å². The Hall–Kier alpha value is -2.64. The van der Waals surface area contributed by atoms with E-state index in [0.717, 1.165) is 37.3 Å². The van der Waals surface area contributed by atoms with Gasteiger partial charge in [0.15, 0.2) is 0 Å². The van der Waals surface area contributed by atoms with Crippen LogP contribution in [0.25, 0.3) is 0 Å². The number of imidazole rings is 1. The summed E-state index contributed by atoms with van der Waals surface area (Å²) in [5.41, 5.74) is 2.35.